The normalized spacial score (nSPS) is 26.3. The molecule has 1 aliphatic carbocycles. The Morgan fingerprint density at radius 2 is 1.97 bits per heavy atom. The van der Waals surface area contributed by atoms with Gasteiger partial charge in [0.25, 0.3) is 0 Å². The molecule has 2 aliphatic rings. The van der Waals surface area contributed by atoms with Crippen molar-refractivity contribution in [1.29, 1.82) is 5.26 Å². The fraction of sp³-hybridized carbons (Fsp3) is 0.591. The number of carboxylic acid groups (broad SMARTS) is 1. The molecule has 1 aromatic rings. The van der Waals surface area contributed by atoms with E-state index in [1.807, 2.05) is 0 Å². The van der Waals surface area contributed by atoms with E-state index in [1.54, 1.807) is 39.0 Å². The predicted octanol–water partition coefficient (Wildman–Crippen LogP) is 4.47. The highest BCUT2D eigenvalue weighted by Gasteiger charge is 2.45. The van der Waals surface area contributed by atoms with Gasteiger partial charge in [-0.15, -0.1) is 0 Å². The van der Waals surface area contributed by atoms with Crippen molar-refractivity contribution in [2.75, 3.05) is 6.54 Å². The maximum atomic E-state index is 12.6. The van der Waals surface area contributed by atoms with E-state index in [2.05, 4.69) is 6.07 Å². The molecule has 4 atom stereocenters. The lowest BCUT2D eigenvalue weighted by Crippen LogP contribution is -2.56. The Labute approximate surface area is 181 Å². The van der Waals surface area contributed by atoms with Crippen LogP contribution >= 0.6 is 11.6 Å². The van der Waals surface area contributed by atoms with E-state index in [0.29, 0.717) is 35.7 Å². The summed E-state index contributed by atoms with van der Waals surface area (Å²) in [5, 5.41) is 19.4. The highest BCUT2D eigenvalue weighted by Crippen LogP contribution is 2.41. The van der Waals surface area contributed by atoms with E-state index < -0.39 is 23.7 Å². The maximum Gasteiger partial charge on any atom is 0.411 e. The maximum absolute atomic E-state index is 12.6. The predicted molar refractivity (Wildman–Crippen MR) is 110 cm³/mol. The molecular formula is C22H27ClN2O5. The third-order valence-electron chi connectivity index (χ3n) is 5.72. The van der Waals surface area contributed by atoms with Crippen LogP contribution in [-0.2, 0) is 9.53 Å². The molecule has 8 heteroatoms. The zero-order valence-electron chi connectivity index (χ0n) is 17.4. The molecular weight excluding hydrogens is 408 g/mol. The number of carboxylic acids is 1. The van der Waals surface area contributed by atoms with Gasteiger partial charge in [0.15, 0.2) is 0 Å². The summed E-state index contributed by atoms with van der Waals surface area (Å²) in [5.74, 6) is -0.255. The van der Waals surface area contributed by atoms with E-state index in [9.17, 15) is 20.0 Å². The number of likely N-dealkylation sites (tertiary alicyclic amines) is 1. The number of hydrogen-bond acceptors (Lipinski definition) is 5. The van der Waals surface area contributed by atoms with Crippen molar-refractivity contribution in [3.63, 3.8) is 0 Å². The van der Waals surface area contributed by atoms with Crippen molar-refractivity contribution in [2.24, 2.45) is 11.8 Å². The Morgan fingerprint density at radius 3 is 2.60 bits per heavy atom. The summed E-state index contributed by atoms with van der Waals surface area (Å²) >= 11 is 6.09. The second kappa shape index (κ2) is 8.73. The summed E-state index contributed by atoms with van der Waals surface area (Å²) < 4.78 is 11.5. The second-order valence-corrected chi connectivity index (χ2v) is 9.43. The van der Waals surface area contributed by atoms with Gasteiger partial charge < -0.3 is 14.6 Å². The molecule has 0 spiro atoms. The molecule has 0 radical (unpaired) electrons. The molecule has 0 unspecified atom stereocenters. The van der Waals surface area contributed by atoms with Gasteiger partial charge in [-0.2, -0.15) is 5.26 Å². The fourth-order valence-corrected chi connectivity index (χ4v) is 4.57. The molecule has 1 aliphatic heterocycles. The van der Waals surface area contributed by atoms with Crippen LogP contribution in [0.2, 0.25) is 5.02 Å². The van der Waals surface area contributed by atoms with Gasteiger partial charge in [0.1, 0.15) is 29.0 Å². The van der Waals surface area contributed by atoms with Crippen LogP contribution in [0.15, 0.2) is 18.2 Å². The molecule has 1 N–H and O–H groups in total. The van der Waals surface area contributed by atoms with Crippen LogP contribution in [0.4, 0.5) is 4.79 Å². The van der Waals surface area contributed by atoms with Gasteiger partial charge in [0.2, 0.25) is 0 Å². The number of nitriles is 1. The van der Waals surface area contributed by atoms with E-state index >= 15 is 0 Å². The van der Waals surface area contributed by atoms with Gasteiger partial charge in [0, 0.05) is 6.54 Å². The fourth-order valence-electron chi connectivity index (χ4n) is 4.36. The first kappa shape index (κ1) is 22.2. The Hall–Kier alpha value is -2.46. The number of benzene rings is 1. The minimum atomic E-state index is -1.02. The quantitative estimate of drug-likeness (QED) is 0.753. The lowest BCUT2D eigenvalue weighted by atomic mass is 9.72. The lowest BCUT2D eigenvalue weighted by Gasteiger charge is -2.46. The monoisotopic (exact) mass is 434 g/mol. The summed E-state index contributed by atoms with van der Waals surface area (Å²) in [6, 6.07) is 6.27. The zero-order chi connectivity index (χ0) is 22.1. The van der Waals surface area contributed by atoms with Crippen LogP contribution in [0, 0.1) is 23.2 Å². The minimum absolute atomic E-state index is 0.119. The molecule has 1 saturated heterocycles. The highest BCUT2D eigenvalue weighted by molar-refractivity contribution is 6.31. The first-order valence-corrected chi connectivity index (χ1v) is 10.5. The minimum Gasteiger partial charge on any atom is -0.489 e. The molecule has 0 bridgehead atoms. The van der Waals surface area contributed by atoms with Gasteiger partial charge in [-0.05, 0) is 70.4 Å². The van der Waals surface area contributed by atoms with Crippen LogP contribution in [0.3, 0.4) is 0 Å². The average molecular weight is 435 g/mol. The standard InChI is InChI=1S/C22H27ClN2O5/c1-22(2,3)30-21(28)25-12-13-7-8-15(9-14(13)10-18(25)20(26)27)29-19-6-4-5-17(23)16(19)11-24/h4-6,13-15,18H,7-10,12H2,1-3H3,(H,26,27)/t13-,14-,15-,18-/m0/s1. The molecule has 1 heterocycles. The number of ether oxygens (including phenoxy) is 2. The van der Waals surface area contributed by atoms with Crippen molar-refractivity contribution in [3.05, 3.63) is 28.8 Å². The van der Waals surface area contributed by atoms with Crippen molar-refractivity contribution in [2.45, 2.75) is 64.2 Å². The number of fused-ring (bicyclic) bond motifs is 1. The molecule has 1 saturated carbocycles. The molecule has 0 aromatic heterocycles. The van der Waals surface area contributed by atoms with Gasteiger partial charge in [0.05, 0.1) is 11.1 Å². The zero-order valence-corrected chi connectivity index (χ0v) is 18.2. The van der Waals surface area contributed by atoms with Gasteiger partial charge in [-0.3, -0.25) is 4.90 Å². The first-order chi connectivity index (χ1) is 14.1. The molecule has 1 aromatic carbocycles. The number of aliphatic carboxylic acids is 1. The van der Waals surface area contributed by atoms with Crippen molar-refractivity contribution in [3.8, 4) is 11.8 Å². The average Bonchev–Trinajstić information content (AvgIpc) is 2.65. The third-order valence-corrected chi connectivity index (χ3v) is 6.03. The second-order valence-electron chi connectivity index (χ2n) is 9.02. The Kier molecular flexibility index (Phi) is 6.47. The molecule has 30 heavy (non-hydrogen) atoms. The van der Waals surface area contributed by atoms with E-state index in [1.165, 1.54) is 4.90 Å². The lowest BCUT2D eigenvalue weighted by molar-refractivity contribution is -0.147. The van der Waals surface area contributed by atoms with Crippen LogP contribution in [0.5, 0.6) is 5.75 Å². The molecule has 7 nitrogen and oxygen atoms in total. The Bertz CT molecular complexity index is 860. The van der Waals surface area contributed by atoms with Gasteiger partial charge in [-0.25, -0.2) is 9.59 Å². The Balaban J connectivity index is 1.70. The summed E-state index contributed by atoms with van der Waals surface area (Å²) in [6.45, 7) is 5.66. The van der Waals surface area contributed by atoms with Crippen molar-refractivity contribution in [1.82, 2.24) is 4.90 Å². The molecule has 162 valence electrons. The number of rotatable bonds is 3. The number of hydrogen-bond donors (Lipinski definition) is 1. The number of nitrogens with zero attached hydrogens (tertiary/aromatic N) is 2. The van der Waals surface area contributed by atoms with Crippen LogP contribution < -0.4 is 4.74 Å². The third kappa shape index (κ3) is 4.99. The van der Waals surface area contributed by atoms with Crippen LogP contribution in [0.1, 0.15) is 52.0 Å². The largest absolute Gasteiger partial charge is 0.489 e. The van der Waals surface area contributed by atoms with E-state index in [0.717, 1.165) is 12.8 Å². The number of piperidine rings is 1. The number of amides is 1. The summed E-state index contributed by atoms with van der Waals surface area (Å²) in [7, 11) is 0. The molecule has 3 rings (SSSR count). The smallest absolute Gasteiger partial charge is 0.411 e. The van der Waals surface area contributed by atoms with Crippen LogP contribution in [0.25, 0.3) is 0 Å². The number of carbonyl (C=O) groups is 2. The summed E-state index contributed by atoms with van der Waals surface area (Å²) in [5.41, 5.74) is -0.373. The Morgan fingerprint density at radius 1 is 1.23 bits per heavy atom. The van der Waals surface area contributed by atoms with E-state index in [4.69, 9.17) is 21.1 Å². The SMILES string of the molecule is CC(C)(C)OC(=O)N1C[C@@H]2CC[C@H](Oc3cccc(Cl)c3C#N)C[C@H]2C[C@H]1C(=O)O. The number of carbonyl (C=O) groups excluding carboxylic acids is 1. The van der Waals surface area contributed by atoms with Crippen LogP contribution in [-0.4, -0.2) is 46.4 Å². The van der Waals surface area contributed by atoms with E-state index in [-0.39, 0.29) is 17.9 Å². The highest BCUT2D eigenvalue weighted by atomic mass is 35.5. The summed E-state index contributed by atoms with van der Waals surface area (Å²) in [6.07, 6.45) is 1.90. The van der Waals surface area contributed by atoms with Gasteiger partial charge in [-0.1, -0.05) is 17.7 Å². The van der Waals surface area contributed by atoms with Crippen molar-refractivity contribution < 1.29 is 24.2 Å². The molecule has 2 fully saturated rings. The first-order valence-electron chi connectivity index (χ1n) is 10.2. The van der Waals surface area contributed by atoms with Crippen molar-refractivity contribution >= 4 is 23.7 Å². The van der Waals surface area contributed by atoms with Gasteiger partial charge >= 0.3 is 12.1 Å². The topological polar surface area (TPSA) is 99.9 Å². The molecule has 1 amide bonds. The summed E-state index contributed by atoms with van der Waals surface area (Å²) in [4.78, 5) is 25.8. The number of halogens is 1.